The second-order valence-corrected chi connectivity index (χ2v) is 2.61. The van der Waals surface area contributed by atoms with Gasteiger partial charge in [0.05, 0.1) is 4.47 Å². The largest absolute Gasteiger partial charge is 0.394 e. The van der Waals surface area contributed by atoms with Gasteiger partial charge in [-0.3, -0.25) is 0 Å². The number of nitrogen functional groups attached to an aromatic ring is 1. The summed E-state index contributed by atoms with van der Waals surface area (Å²) >= 11 is 2.86. The number of rotatable bonds is 0. The van der Waals surface area contributed by atoms with Crippen LogP contribution in [0.1, 0.15) is 0 Å². The summed E-state index contributed by atoms with van der Waals surface area (Å²) in [6, 6.07) is 2.36. The van der Waals surface area contributed by atoms with Gasteiger partial charge in [0.1, 0.15) is 11.5 Å². The van der Waals surface area contributed by atoms with E-state index in [-0.39, 0.29) is 4.47 Å². The molecule has 0 spiro atoms. The SMILES string of the molecule is Nc1c(F)ccc(Br)c1F. The van der Waals surface area contributed by atoms with Gasteiger partial charge in [-0.05, 0) is 28.1 Å². The van der Waals surface area contributed by atoms with Gasteiger partial charge < -0.3 is 5.73 Å². The predicted octanol–water partition coefficient (Wildman–Crippen LogP) is 2.31. The molecule has 4 heteroatoms. The van der Waals surface area contributed by atoms with E-state index in [1.54, 1.807) is 0 Å². The first-order chi connectivity index (χ1) is 4.63. The maximum Gasteiger partial charge on any atom is 0.163 e. The summed E-state index contributed by atoms with van der Waals surface area (Å²) in [5.41, 5.74) is 4.55. The second kappa shape index (κ2) is 2.54. The van der Waals surface area contributed by atoms with Crippen molar-refractivity contribution in [1.29, 1.82) is 0 Å². The van der Waals surface area contributed by atoms with Gasteiger partial charge in [-0.1, -0.05) is 0 Å². The fraction of sp³-hybridized carbons (Fsp3) is 0. The molecule has 0 heterocycles. The lowest BCUT2D eigenvalue weighted by molar-refractivity contribution is 0.587. The van der Waals surface area contributed by atoms with Crippen LogP contribution in [0.3, 0.4) is 0 Å². The highest BCUT2D eigenvalue weighted by molar-refractivity contribution is 9.10. The minimum absolute atomic E-state index is 0.173. The van der Waals surface area contributed by atoms with E-state index in [1.165, 1.54) is 6.07 Å². The van der Waals surface area contributed by atoms with Gasteiger partial charge in [0.25, 0.3) is 0 Å². The minimum Gasteiger partial charge on any atom is -0.394 e. The molecule has 0 unspecified atom stereocenters. The Labute approximate surface area is 65.0 Å². The molecule has 0 aliphatic carbocycles. The van der Waals surface area contributed by atoms with E-state index >= 15 is 0 Å². The minimum atomic E-state index is -0.750. The third-order valence-corrected chi connectivity index (χ3v) is 1.69. The van der Waals surface area contributed by atoms with Crippen LogP contribution >= 0.6 is 15.9 Å². The van der Waals surface area contributed by atoms with Crippen molar-refractivity contribution in [3.8, 4) is 0 Å². The molecule has 2 N–H and O–H groups in total. The molecule has 0 fully saturated rings. The van der Waals surface area contributed by atoms with Gasteiger partial charge in [0.2, 0.25) is 0 Å². The number of anilines is 1. The van der Waals surface area contributed by atoms with Crippen LogP contribution in [0.15, 0.2) is 16.6 Å². The van der Waals surface area contributed by atoms with E-state index in [0.29, 0.717) is 0 Å². The summed E-state index contributed by atoms with van der Waals surface area (Å²) in [4.78, 5) is 0. The van der Waals surface area contributed by atoms with Gasteiger partial charge in [0, 0.05) is 0 Å². The molecule has 1 aromatic rings. The van der Waals surface area contributed by atoms with E-state index in [1.807, 2.05) is 0 Å². The van der Waals surface area contributed by atoms with Crippen molar-refractivity contribution in [3.63, 3.8) is 0 Å². The third-order valence-electron chi connectivity index (χ3n) is 1.08. The molecule has 10 heavy (non-hydrogen) atoms. The van der Waals surface area contributed by atoms with Crippen molar-refractivity contribution in [2.75, 3.05) is 5.73 Å². The normalized spacial score (nSPS) is 9.90. The number of nitrogens with two attached hydrogens (primary N) is 1. The van der Waals surface area contributed by atoms with Gasteiger partial charge >= 0.3 is 0 Å². The quantitative estimate of drug-likeness (QED) is 0.513. The number of hydrogen-bond donors (Lipinski definition) is 1. The van der Waals surface area contributed by atoms with Crippen LogP contribution in [0.25, 0.3) is 0 Å². The molecule has 1 rings (SSSR count). The highest BCUT2D eigenvalue weighted by Crippen LogP contribution is 2.22. The number of halogens is 3. The topological polar surface area (TPSA) is 26.0 Å². The Balaban J connectivity index is 3.34. The van der Waals surface area contributed by atoms with E-state index in [4.69, 9.17) is 5.73 Å². The van der Waals surface area contributed by atoms with Crippen LogP contribution in [0, 0.1) is 11.6 Å². The Morgan fingerprint density at radius 1 is 1.30 bits per heavy atom. The maximum atomic E-state index is 12.6. The van der Waals surface area contributed by atoms with E-state index in [9.17, 15) is 8.78 Å². The molecule has 0 radical (unpaired) electrons. The first-order valence-corrected chi connectivity index (χ1v) is 3.31. The van der Waals surface area contributed by atoms with Crippen molar-refractivity contribution >= 4 is 21.6 Å². The summed E-state index contributed by atoms with van der Waals surface area (Å²) in [6.45, 7) is 0. The van der Waals surface area contributed by atoms with Gasteiger partial charge in [-0.2, -0.15) is 0 Å². The predicted molar refractivity (Wildman–Crippen MR) is 38.5 cm³/mol. The van der Waals surface area contributed by atoms with Crippen molar-refractivity contribution in [2.24, 2.45) is 0 Å². The smallest absolute Gasteiger partial charge is 0.163 e. The molecule has 0 aromatic heterocycles. The van der Waals surface area contributed by atoms with Crippen LogP contribution in [-0.2, 0) is 0 Å². The van der Waals surface area contributed by atoms with Crippen LogP contribution in [0.2, 0.25) is 0 Å². The average molecular weight is 208 g/mol. The highest BCUT2D eigenvalue weighted by atomic mass is 79.9. The van der Waals surface area contributed by atoms with Crippen molar-refractivity contribution in [3.05, 3.63) is 28.2 Å². The summed E-state index contributed by atoms with van der Waals surface area (Å²) < 4.78 is 25.1. The molecular weight excluding hydrogens is 204 g/mol. The Bertz CT molecular complexity index is 235. The standard InChI is InChI=1S/C6H4BrF2N/c7-3-1-2-4(8)6(10)5(3)9/h1-2H,10H2. The Kier molecular flexibility index (Phi) is 1.89. The zero-order chi connectivity index (χ0) is 7.72. The molecule has 0 amide bonds. The van der Waals surface area contributed by atoms with Crippen molar-refractivity contribution in [2.45, 2.75) is 0 Å². The molecule has 0 atom stereocenters. The Morgan fingerprint density at radius 2 is 1.90 bits per heavy atom. The lowest BCUT2D eigenvalue weighted by Gasteiger charge is -1.98. The number of benzene rings is 1. The van der Waals surface area contributed by atoms with Gasteiger partial charge in [-0.15, -0.1) is 0 Å². The molecule has 54 valence electrons. The molecule has 0 saturated carbocycles. The molecule has 0 saturated heterocycles. The van der Waals surface area contributed by atoms with Crippen molar-refractivity contribution in [1.82, 2.24) is 0 Å². The first-order valence-electron chi connectivity index (χ1n) is 2.52. The Hall–Kier alpha value is -0.640. The number of hydrogen-bond acceptors (Lipinski definition) is 1. The molecule has 0 aliphatic heterocycles. The van der Waals surface area contributed by atoms with E-state index in [2.05, 4.69) is 15.9 Å². The zero-order valence-electron chi connectivity index (χ0n) is 4.87. The van der Waals surface area contributed by atoms with Gasteiger partial charge in [0.15, 0.2) is 5.82 Å². The summed E-state index contributed by atoms with van der Waals surface area (Å²) in [7, 11) is 0. The fourth-order valence-electron chi connectivity index (χ4n) is 0.543. The van der Waals surface area contributed by atoms with E-state index < -0.39 is 17.3 Å². The van der Waals surface area contributed by atoms with Gasteiger partial charge in [-0.25, -0.2) is 8.78 Å². The van der Waals surface area contributed by atoms with Crippen LogP contribution in [0.5, 0.6) is 0 Å². The molecule has 0 aliphatic rings. The molecular formula is C6H4BrF2N. The monoisotopic (exact) mass is 207 g/mol. The average Bonchev–Trinajstić information content (AvgIpc) is 1.93. The second-order valence-electron chi connectivity index (χ2n) is 1.76. The summed E-state index contributed by atoms with van der Waals surface area (Å²) in [5.74, 6) is -1.49. The van der Waals surface area contributed by atoms with Crippen molar-refractivity contribution < 1.29 is 8.78 Å². The highest BCUT2D eigenvalue weighted by Gasteiger charge is 2.06. The summed E-state index contributed by atoms with van der Waals surface area (Å²) in [6.07, 6.45) is 0. The first kappa shape index (κ1) is 7.47. The lowest BCUT2D eigenvalue weighted by atomic mass is 10.3. The molecule has 0 bridgehead atoms. The third kappa shape index (κ3) is 1.11. The van der Waals surface area contributed by atoms with Crippen LogP contribution in [0.4, 0.5) is 14.5 Å². The maximum absolute atomic E-state index is 12.6. The van der Waals surface area contributed by atoms with Crippen LogP contribution < -0.4 is 5.73 Å². The summed E-state index contributed by atoms with van der Waals surface area (Å²) in [5, 5.41) is 0. The fourth-order valence-corrected chi connectivity index (χ4v) is 0.889. The van der Waals surface area contributed by atoms with Crippen LogP contribution in [-0.4, -0.2) is 0 Å². The van der Waals surface area contributed by atoms with E-state index in [0.717, 1.165) is 6.07 Å². The lowest BCUT2D eigenvalue weighted by Crippen LogP contribution is -1.95. The molecule has 1 aromatic carbocycles. The molecule has 1 nitrogen and oxygen atoms in total. The Morgan fingerprint density at radius 3 is 2.40 bits per heavy atom. The zero-order valence-corrected chi connectivity index (χ0v) is 6.45.